The van der Waals surface area contributed by atoms with E-state index in [0.717, 1.165) is 31.6 Å². The molecular formula is C13H24O2. The van der Waals surface area contributed by atoms with E-state index in [-0.39, 0.29) is 5.92 Å². The first-order chi connectivity index (χ1) is 7.24. The van der Waals surface area contributed by atoms with Gasteiger partial charge in [-0.3, -0.25) is 4.79 Å². The summed E-state index contributed by atoms with van der Waals surface area (Å²) in [5.41, 5.74) is 0. The molecule has 88 valence electrons. The van der Waals surface area contributed by atoms with Crippen molar-refractivity contribution in [2.45, 2.75) is 64.7 Å². The molecule has 0 radical (unpaired) electrons. The van der Waals surface area contributed by atoms with E-state index in [2.05, 4.69) is 6.92 Å². The average Bonchev–Trinajstić information content (AvgIpc) is 2.24. The molecule has 0 spiro atoms. The van der Waals surface area contributed by atoms with Gasteiger partial charge in [-0.2, -0.15) is 0 Å². The van der Waals surface area contributed by atoms with Crippen LogP contribution in [0.15, 0.2) is 0 Å². The Bertz CT molecular complexity index is 177. The van der Waals surface area contributed by atoms with Crippen LogP contribution in [0, 0.1) is 11.8 Å². The van der Waals surface area contributed by atoms with Gasteiger partial charge in [-0.1, -0.05) is 51.9 Å². The van der Waals surface area contributed by atoms with E-state index >= 15 is 0 Å². The van der Waals surface area contributed by atoms with Gasteiger partial charge in [-0.25, -0.2) is 0 Å². The van der Waals surface area contributed by atoms with Gasteiger partial charge in [-0.15, -0.1) is 0 Å². The van der Waals surface area contributed by atoms with E-state index in [9.17, 15) is 4.79 Å². The Morgan fingerprint density at radius 2 is 1.53 bits per heavy atom. The smallest absolute Gasteiger partial charge is 0.306 e. The van der Waals surface area contributed by atoms with Gasteiger partial charge in [-0.05, 0) is 18.8 Å². The molecule has 0 aromatic heterocycles. The normalized spacial score (nSPS) is 29.7. The quantitative estimate of drug-likeness (QED) is 0.755. The molecule has 1 N–H and O–H groups in total. The fourth-order valence-corrected chi connectivity index (χ4v) is 2.59. The summed E-state index contributed by atoms with van der Waals surface area (Å²) < 4.78 is 0. The Hall–Kier alpha value is -0.530. The number of rotatable bonds is 2. The highest BCUT2D eigenvalue weighted by molar-refractivity contribution is 5.69. The van der Waals surface area contributed by atoms with Gasteiger partial charge >= 0.3 is 5.97 Å². The van der Waals surface area contributed by atoms with Gasteiger partial charge in [0.15, 0.2) is 0 Å². The molecule has 0 amide bonds. The number of hydrogen-bond donors (Lipinski definition) is 1. The van der Waals surface area contributed by atoms with Crippen molar-refractivity contribution in [1.29, 1.82) is 0 Å². The summed E-state index contributed by atoms with van der Waals surface area (Å²) in [6.45, 7) is 2.27. The maximum Gasteiger partial charge on any atom is 0.306 e. The van der Waals surface area contributed by atoms with E-state index in [1.807, 2.05) is 0 Å². The zero-order chi connectivity index (χ0) is 11.1. The standard InChI is InChI=1S/C13H24O2/c1-2-11-7-3-5-9-12(13(14)15)10-6-4-8-11/h11-12H,2-10H2,1H3,(H,14,15). The molecule has 1 saturated carbocycles. The molecule has 2 heteroatoms. The van der Waals surface area contributed by atoms with Gasteiger partial charge in [0.05, 0.1) is 5.92 Å². The van der Waals surface area contributed by atoms with E-state index < -0.39 is 5.97 Å². The van der Waals surface area contributed by atoms with Crippen LogP contribution >= 0.6 is 0 Å². The summed E-state index contributed by atoms with van der Waals surface area (Å²) in [6.07, 6.45) is 10.4. The monoisotopic (exact) mass is 212 g/mol. The Morgan fingerprint density at radius 3 is 1.93 bits per heavy atom. The van der Waals surface area contributed by atoms with Crippen molar-refractivity contribution >= 4 is 5.97 Å². The number of carbonyl (C=O) groups is 1. The van der Waals surface area contributed by atoms with E-state index in [1.54, 1.807) is 0 Å². The molecule has 2 nitrogen and oxygen atoms in total. The van der Waals surface area contributed by atoms with Crippen molar-refractivity contribution < 1.29 is 9.90 Å². The lowest BCUT2D eigenvalue weighted by molar-refractivity contribution is -0.142. The molecule has 0 heterocycles. The van der Waals surface area contributed by atoms with Crippen LogP contribution < -0.4 is 0 Å². The van der Waals surface area contributed by atoms with Crippen LogP contribution in [0.4, 0.5) is 0 Å². The molecule has 0 aromatic rings. The molecule has 0 saturated heterocycles. The van der Waals surface area contributed by atoms with Crippen LogP contribution in [0.2, 0.25) is 0 Å². The molecule has 1 aliphatic rings. The highest BCUT2D eigenvalue weighted by atomic mass is 16.4. The summed E-state index contributed by atoms with van der Waals surface area (Å²) in [6, 6.07) is 0. The van der Waals surface area contributed by atoms with Crippen molar-refractivity contribution in [2.75, 3.05) is 0 Å². The zero-order valence-electron chi connectivity index (χ0n) is 9.87. The lowest BCUT2D eigenvalue weighted by Gasteiger charge is -2.19. The van der Waals surface area contributed by atoms with Gasteiger partial charge in [0, 0.05) is 0 Å². The van der Waals surface area contributed by atoms with E-state index in [4.69, 9.17) is 5.11 Å². The number of hydrogen-bond acceptors (Lipinski definition) is 1. The minimum Gasteiger partial charge on any atom is -0.481 e. The van der Waals surface area contributed by atoms with Crippen LogP contribution in [0.25, 0.3) is 0 Å². The fraction of sp³-hybridized carbons (Fsp3) is 0.923. The van der Waals surface area contributed by atoms with Crippen molar-refractivity contribution in [3.8, 4) is 0 Å². The predicted octanol–water partition coefficient (Wildman–Crippen LogP) is 3.85. The first-order valence-electron chi connectivity index (χ1n) is 6.46. The predicted molar refractivity (Wildman–Crippen MR) is 61.8 cm³/mol. The molecule has 0 unspecified atom stereocenters. The van der Waals surface area contributed by atoms with Crippen LogP contribution in [0.3, 0.4) is 0 Å². The summed E-state index contributed by atoms with van der Waals surface area (Å²) in [7, 11) is 0. The summed E-state index contributed by atoms with van der Waals surface area (Å²) >= 11 is 0. The fourth-order valence-electron chi connectivity index (χ4n) is 2.59. The highest BCUT2D eigenvalue weighted by Gasteiger charge is 2.18. The number of carboxylic acids is 1. The third-order valence-electron chi connectivity index (χ3n) is 3.76. The Kier molecular flexibility index (Phi) is 5.74. The Balaban J connectivity index is 2.35. The molecule has 0 bridgehead atoms. The second kappa shape index (κ2) is 6.86. The van der Waals surface area contributed by atoms with Crippen LogP contribution in [0.5, 0.6) is 0 Å². The largest absolute Gasteiger partial charge is 0.481 e. The number of aliphatic carboxylic acids is 1. The lowest BCUT2D eigenvalue weighted by atomic mass is 9.87. The molecule has 0 aromatic carbocycles. The maximum atomic E-state index is 10.9. The minimum absolute atomic E-state index is 0.0665. The topological polar surface area (TPSA) is 37.3 Å². The van der Waals surface area contributed by atoms with Crippen LogP contribution in [-0.4, -0.2) is 11.1 Å². The third-order valence-corrected chi connectivity index (χ3v) is 3.76. The molecule has 1 aliphatic carbocycles. The van der Waals surface area contributed by atoms with Crippen molar-refractivity contribution in [3.05, 3.63) is 0 Å². The average molecular weight is 212 g/mol. The molecule has 0 atom stereocenters. The number of carboxylic acid groups (broad SMARTS) is 1. The van der Waals surface area contributed by atoms with Crippen LogP contribution in [0.1, 0.15) is 64.7 Å². The van der Waals surface area contributed by atoms with Crippen molar-refractivity contribution in [3.63, 3.8) is 0 Å². The van der Waals surface area contributed by atoms with Gasteiger partial charge in [0.2, 0.25) is 0 Å². The van der Waals surface area contributed by atoms with Crippen LogP contribution in [-0.2, 0) is 4.79 Å². The maximum absolute atomic E-state index is 10.9. The van der Waals surface area contributed by atoms with E-state index in [1.165, 1.54) is 32.1 Å². The van der Waals surface area contributed by atoms with Gasteiger partial charge in [0.1, 0.15) is 0 Å². The molecular weight excluding hydrogens is 188 g/mol. The second-order valence-corrected chi connectivity index (χ2v) is 4.88. The van der Waals surface area contributed by atoms with Gasteiger partial charge in [0.25, 0.3) is 0 Å². The summed E-state index contributed by atoms with van der Waals surface area (Å²) in [4.78, 5) is 10.9. The highest BCUT2D eigenvalue weighted by Crippen LogP contribution is 2.26. The Labute approximate surface area is 93.1 Å². The molecule has 15 heavy (non-hydrogen) atoms. The molecule has 0 aliphatic heterocycles. The molecule has 1 fully saturated rings. The van der Waals surface area contributed by atoms with E-state index in [0.29, 0.717) is 0 Å². The van der Waals surface area contributed by atoms with Crippen molar-refractivity contribution in [2.24, 2.45) is 11.8 Å². The third kappa shape index (κ3) is 4.67. The summed E-state index contributed by atoms with van der Waals surface area (Å²) in [5, 5.41) is 9.02. The second-order valence-electron chi connectivity index (χ2n) is 4.88. The minimum atomic E-state index is -0.581. The first-order valence-corrected chi connectivity index (χ1v) is 6.46. The zero-order valence-corrected chi connectivity index (χ0v) is 9.87. The summed E-state index contributed by atoms with van der Waals surface area (Å²) in [5.74, 6) is 0.247. The van der Waals surface area contributed by atoms with Gasteiger partial charge < -0.3 is 5.11 Å². The van der Waals surface area contributed by atoms with Crippen molar-refractivity contribution in [1.82, 2.24) is 0 Å². The first kappa shape index (κ1) is 12.5. The lowest BCUT2D eigenvalue weighted by Crippen LogP contribution is -2.14. The molecule has 1 rings (SSSR count). The Morgan fingerprint density at radius 1 is 1.07 bits per heavy atom. The SMILES string of the molecule is CCC1CCCCC(C(=O)O)CCCC1.